The van der Waals surface area contributed by atoms with Gasteiger partial charge in [0.15, 0.2) is 21.3 Å². The van der Waals surface area contributed by atoms with Crippen LogP contribution < -0.4 is 10.2 Å². The molecule has 0 aliphatic carbocycles. The van der Waals surface area contributed by atoms with Crippen LogP contribution in [0.25, 0.3) is 11.3 Å². The van der Waals surface area contributed by atoms with E-state index >= 15 is 0 Å². The third kappa shape index (κ3) is 15.2. The van der Waals surface area contributed by atoms with Crippen LogP contribution in [0.15, 0.2) is 59.6 Å². The molecule has 0 aliphatic heterocycles. The molecule has 16 heteroatoms. The van der Waals surface area contributed by atoms with Crippen LogP contribution in [0.2, 0.25) is 0 Å². The lowest BCUT2D eigenvalue weighted by Gasteiger charge is -2.28. The van der Waals surface area contributed by atoms with Gasteiger partial charge in [0, 0.05) is 11.1 Å². The molecule has 3 amide bonds. The Labute approximate surface area is 347 Å². The van der Waals surface area contributed by atoms with E-state index in [4.69, 9.17) is 23.7 Å². The second kappa shape index (κ2) is 18.5. The predicted molar refractivity (Wildman–Crippen MR) is 221 cm³/mol. The molecule has 0 saturated heterocycles. The molecule has 2 aromatic carbocycles. The van der Waals surface area contributed by atoms with Crippen molar-refractivity contribution in [1.82, 2.24) is 15.3 Å². The maximum Gasteiger partial charge on any atom is 0.508 e. The number of carbonyl (C=O) groups is 4. The Hall–Kier alpha value is -5.69. The number of sulfone groups is 1. The van der Waals surface area contributed by atoms with Gasteiger partial charge < -0.3 is 29.0 Å². The van der Waals surface area contributed by atoms with E-state index < -0.39 is 68.0 Å². The number of alkyl carbamates (subject to hydrolysis) is 1. The lowest BCUT2D eigenvalue weighted by molar-refractivity contribution is -0.0121. The number of benzene rings is 2. The number of aromatic nitrogens is 2. The molecule has 320 valence electrons. The van der Waals surface area contributed by atoms with Crippen molar-refractivity contribution in [3.8, 4) is 23.1 Å². The summed E-state index contributed by atoms with van der Waals surface area (Å²) in [7, 11) is -3.55. The van der Waals surface area contributed by atoms with Crippen molar-refractivity contribution in [3.05, 3.63) is 71.5 Å². The number of nitrogens with zero attached hydrogens (tertiary/aromatic N) is 3. The Kier molecular flexibility index (Phi) is 14.9. The van der Waals surface area contributed by atoms with Crippen molar-refractivity contribution in [2.24, 2.45) is 0 Å². The lowest BCUT2D eigenvalue weighted by Crippen LogP contribution is -2.44. The zero-order valence-corrected chi connectivity index (χ0v) is 37.1. The minimum Gasteiger partial charge on any atom is -0.444 e. The predicted octanol–water partition coefficient (Wildman–Crippen LogP) is 8.92. The fraction of sp³-hybridized carbons (Fsp3) is 0.488. The highest BCUT2D eigenvalue weighted by Gasteiger charge is 2.36. The molecular weight excluding hydrogens is 781 g/mol. The summed E-state index contributed by atoms with van der Waals surface area (Å²) < 4.78 is 52.7. The number of imide groups is 1. The highest BCUT2D eigenvalue weighted by molar-refractivity contribution is 7.92. The first kappa shape index (κ1) is 47.7. The van der Waals surface area contributed by atoms with Crippen molar-refractivity contribution in [1.29, 1.82) is 0 Å². The molecule has 0 bridgehead atoms. The fourth-order valence-electron chi connectivity index (χ4n) is 4.75. The molecule has 15 nitrogen and oxygen atoms in total. The van der Waals surface area contributed by atoms with Crippen LogP contribution >= 0.6 is 0 Å². The second-order valence-electron chi connectivity index (χ2n) is 17.7. The van der Waals surface area contributed by atoms with Gasteiger partial charge in [-0.15, -0.1) is 0 Å². The summed E-state index contributed by atoms with van der Waals surface area (Å²) >= 11 is 0. The van der Waals surface area contributed by atoms with Crippen molar-refractivity contribution < 1.29 is 51.3 Å². The van der Waals surface area contributed by atoms with Crippen LogP contribution in [-0.4, -0.2) is 77.1 Å². The molecule has 3 aromatic rings. The van der Waals surface area contributed by atoms with Crippen LogP contribution in [0.1, 0.15) is 120 Å². The first-order valence-electron chi connectivity index (χ1n) is 18.9. The zero-order valence-electron chi connectivity index (χ0n) is 36.3. The molecular formula is C43H56N4O11S. The van der Waals surface area contributed by atoms with E-state index in [2.05, 4.69) is 27.1 Å². The molecule has 1 aromatic heterocycles. The van der Waals surface area contributed by atoms with Gasteiger partial charge in [0.25, 0.3) is 0 Å². The third-order valence-corrected chi connectivity index (χ3v) is 9.47. The summed E-state index contributed by atoms with van der Waals surface area (Å²) in [6.45, 7) is 23.0. The highest BCUT2D eigenvalue weighted by atomic mass is 32.2. The quantitative estimate of drug-likeness (QED) is 0.129. The fourth-order valence-corrected chi connectivity index (χ4v) is 5.81. The molecule has 0 radical (unpaired) electrons. The smallest absolute Gasteiger partial charge is 0.444 e. The monoisotopic (exact) mass is 836 g/mol. The summed E-state index contributed by atoms with van der Waals surface area (Å²) in [5, 5.41) is 2.09. The molecule has 1 heterocycles. The van der Waals surface area contributed by atoms with E-state index in [9.17, 15) is 27.6 Å². The molecule has 0 spiro atoms. The molecule has 3 rings (SSSR count). The van der Waals surface area contributed by atoms with Gasteiger partial charge in [-0.25, -0.2) is 37.6 Å². The van der Waals surface area contributed by atoms with E-state index in [1.165, 1.54) is 18.3 Å². The topological polar surface area (TPSA) is 190 Å². The number of ether oxygens (including phenoxy) is 5. The SMILES string of the molecule is CC(C)S(=O)(=O)c1ccc(-c2cnc(N(C(=O)OC(C)(C)C)C(=O)OC(C)(C)C)c(C#Cc3ccc(C(COC(=O)OC(C)(C)C)NC(=O)OC(C)(C)C)cc3)n2)cc1. The summed E-state index contributed by atoms with van der Waals surface area (Å²) in [6.07, 6.45) is -2.50. The second-order valence-corrected chi connectivity index (χ2v) is 20.2. The number of carbonyl (C=O) groups excluding carboxylic acids is 4. The first-order valence-corrected chi connectivity index (χ1v) is 20.4. The van der Waals surface area contributed by atoms with Gasteiger partial charge in [-0.2, -0.15) is 4.90 Å². The first-order chi connectivity index (χ1) is 26.9. The van der Waals surface area contributed by atoms with Gasteiger partial charge in [-0.1, -0.05) is 30.2 Å². The van der Waals surface area contributed by atoms with Gasteiger partial charge in [-0.05, 0) is 133 Å². The Balaban J connectivity index is 2.15. The van der Waals surface area contributed by atoms with Gasteiger partial charge in [0.2, 0.25) is 0 Å². The zero-order chi connectivity index (χ0) is 44.7. The molecule has 59 heavy (non-hydrogen) atoms. The average Bonchev–Trinajstić information content (AvgIpc) is 3.06. The molecule has 1 atom stereocenters. The highest BCUT2D eigenvalue weighted by Crippen LogP contribution is 2.27. The summed E-state index contributed by atoms with van der Waals surface area (Å²) in [4.78, 5) is 62.3. The van der Waals surface area contributed by atoms with Crippen LogP contribution in [0, 0.1) is 11.8 Å². The molecule has 0 aliphatic rings. The minimum absolute atomic E-state index is 0.114. The maximum absolute atomic E-state index is 13.6. The van der Waals surface area contributed by atoms with Crippen molar-refractivity contribution >= 4 is 40.1 Å². The Morgan fingerprint density at radius 1 is 0.712 bits per heavy atom. The van der Waals surface area contributed by atoms with Gasteiger partial charge in [0.1, 0.15) is 29.0 Å². The van der Waals surface area contributed by atoms with Gasteiger partial charge >= 0.3 is 24.4 Å². The van der Waals surface area contributed by atoms with E-state index in [-0.39, 0.29) is 28.7 Å². The normalized spacial score (nSPS) is 12.7. The number of nitrogens with one attached hydrogen (secondary N) is 1. The van der Waals surface area contributed by atoms with E-state index in [0.717, 1.165) is 0 Å². The number of amides is 3. The molecule has 0 saturated carbocycles. The summed E-state index contributed by atoms with van der Waals surface area (Å²) in [5.41, 5.74) is -2.00. The Morgan fingerprint density at radius 2 is 1.22 bits per heavy atom. The van der Waals surface area contributed by atoms with Crippen molar-refractivity contribution in [3.63, 3.8) is 0 Å². The summed E-state index contributed by atoms with van der Waals surface area (Å²) in [6, 6.07) is 11.8. The summed E-state index contributed by atoms with van der Waals surface area (Å²) in [5.74, 6) is 5.63. The number of anilines is 1. The van der Waals surface area contributed by atoms with Crippen LogP contribution in [0.5, 0.6) is 0 Å². The third-order valence-electron chi connectivity index (χ3n) is 7.30. The Morgan fingerprint density at radius 3 is 1.69 bits per heavy atom. The largest absolute Gasteiger partial charge is 0.508 e. The Bertz CT molecular complexity index is 2140. The standard InChI is InChI=1S/C43H56N4O11S/c1-27(2)59(52,53)31-22-20-29(21-23-31)33-25-44-35(47(37(49)56-41(6,7)8)38(50)57-42(9,10)11)32(45-33)24-17-28-15-18-30(19-16-28)34(46-36(48)55-40(3,4)5)26-54-39(51)58-43(12,13)14/h15-16,18-23,25,27,34H,26H2,1-14H3,(H,46,48). The lowest BCUT2D eigenvalue weighted by atomic mass is 10.1. The number of hydrogen-bond acceptors (Lipinski definition) is 13. The van der Waals surface area contributed by atoms with Gasteiger partial charge in [-0.3, -0.25) is 0 Å². The number of rotatable bonds is 8. The van der Waals surface area contributed by atoms with Crippen LogP contribution in [-0.2, 0) is 33.5 Å². The molecule has 0 fully saturated rings. The molecule has 1 unspecified atom stereocenters. The van der Waals surface area contributed by atoms with Crippen molar-refractivity contribution in [2.75, 3.05) is 11.5 Å². The average molecular weight is 837 g/mol. The van der Waals surface area contributed by atoms with E-state index in [0.29, 0.717) is 21.6 Å². The maximum atomic E-state index is 13.6. The number of hydrogen-bond donors (Lipinski definition) is 1. The van der Waals surface area contributed by atoms with Gasteiger partial charge in [0.05, 0.1) is 28.1 Å². The minimum atomic E-state index is -3.55. The van der Waals surface area contributed by atoms with Crippen molar-refractivity contribution in [2.45, 2.75) is 136 Å². The van der Waals surface area contributed by atoms with E-state index in [1.807, 2.05) is 0 Å². The van der Waals surface area contributed by atoms with Crippen LogP contribution in [0.3, 0.4) is 0 Å². The van der Waals surface area contributed by atoms with E-state index in [1.54, 1.807) is 133 Å². The van der Waals surface area contributed by atoms with Crippen LogP contribution in [0.4, 0.5) is 25.0 Å². The molecule has 1 N–H and O–H groups in total.